The minimum Gasteiger partial charge on any atom is -0.346 e. The van der Waals surface area contributed by atoms with Crippen molar-refractivity contribution in [2.45, 2.75) is 30.7 Å². The Morgan fingerprint density at radius 1 is 1.13 bits per heavy atom. The second-order valence-electron chi connectivity index (χ2n) is 7.05. The molecule has 0 radical (unpaired) electrons. The summed E-state index contributed by atoms with van der Waals surface area (Å²) >= 11 is 0. The maximum atomic E-state index is 12.9. The number of para-hydroxylation sites is 1. The van der Waals surface area contributed by atoms with Crippen molar-refractivity contribution in [1.29, 1.82) is 5.26 Å². The summed E-state index contributed by atoms with van der Waals surface area (Å²) < 4.78 is 27.3. The highest BCUT2D eigenvalue weighted by molar-refractivity contribution is 7.89. The number of hydrogen-bond acceptors (Lipinski definition) is 5. The fourth-order valence-corrected chi connectivity index (χ4v) is 5.03. The zero-order valence-corrected chi connectivity index (χ0v) is 17.3. The van der Waals surface area contributed by atoms with Gasteiger partial charge in [0.2, 0.25) is 10.0 Å². The summed E-state index contributed by atoms with van der Waals surface area (Å²) in [6.07, 6.45) is 1.26. The number of carbonyl (C=O) groups excluding carboxylic acids is 2. The average molecular weight is 426 g/mol. The smallest absolute Gasteiger partial charge is 0.313 e. The summed E-state index contributed by atoms with van der Waals surface area (Å²) in [5.74, 6) is -1.80. The van der Waals surface area contributed by atoms with Crippen LogP contribution in [0.5, 0.6) is 0 Å². The van der Waals surface area contributed by atoms with E-state index in [4.69, 9.17) is 5.26 Å². The summed E-state index contributed by atoms with van der Waals surface area (Å²) in [6, 6.07) is 14.5. The number of nitrogens with zero attached hydrogens (tertiary/aromatic N) is 2. The molecular formula is C21H22N4O4S. The van der Waals surface area contributed by atoms with Gasteiger partial charge < -0.3 is 10.6 Å². The van der Waals surface area contributed by atoms with Crippen molar-refractivity contribution in [2.24, 2.45) is 0 Å². The van der Waals surface area contributed by atoms with Gasteiger partial charge >= 0.3 is 11.8 Å². The number of rotatable bonds is 5. The Labute approximate surface area is 175 Å². The number of nitriles is 1. The molecule has 0 saturated carbocycles. The lowest BCUT2D eigenvalue weighted by molar-refractivity contribution is -0.136. The van der Waals surface area contributed by atoms with E-state index in [9.17, 15) is 18.0 Å². The molecule has 3 rings (SSSR count). The van der Waals surface area contributed by atoms with E-state index in [1.165, 1.54) is 16.4 Å². The highest BCUT2D eigenvalue weighted by Gasteiger charge is 2.35. The molecule has 1 aliphatic rings. The Kier molecular flexibility index (Phi) is 6.50. The van der Waals surface area contributed by atoms with E-state index < -0.39 is 27.9 Å². The predicted molar refractivity (Wildman–Crippen MR) is 111 cm³/mol. The molecule has 1 fully saturated rings. The molecule has 2 amide bonds. The van der Waals surface area contributed by atoms with Crippen LogP contribution in [0.25, 0.3) is 0 Å². The molecule has 0 spiro atoms. The van der Waals surface area contributed by atoms with Gasteiger partial charge in [-0.3, -0.25) is 9.59 Å². The maximum absolute atomic E-state index is 12.9. The first-order valence-electron chi connectivity index (χ1n) is 9.50. The molecular weight excluding hydrogens is 404 g/mol. The molecule has 0 bridgehead atoms. The van der Waals surface area contributed by atoms with Crippen LogP contribution >= 0.6 is 0 Å². The van der Waals surface area contributed by atoms with Crippen molar-refractivity contribution in [3.8, 4) is 6.07 Å². The van der Waals surface area contributed by atoms with Crippen molar-refractivity contribution in [3.63, 3.8) is 0 Å². The SMILES string of the molecule is Cc1ccc(S(=O)(=O)N2CCCC2CNC(=O)C(=O)Nc2ccccc2C#N)cc1. The van der Waals surface area contributed by atoms with Crippen molar-refractivity contribution in [3.05, 3.63) is 59.7 Å². The Morgan fingerprint density at radius 3 is 2.53 bits per heavy atom. The summed E-state index contributed by atoms with van der Waals surface area (Å²) in [5.41, 5.74) is 1.44. The van der Waals surface area contributed by atoms with Crippen molar-refractivity contribution >= 4 is 27.5 Å². The highest BCUT2D eigenvalue weighted by Crippen LogP contribution is 2.26. The van der Waals surface area contributed by atoms with Crippen LogP contribution in [0.4, 0.5) is 5.69 Å². The van der Waals surface area contributed by atoms with Crippen LogP contribution in [-0.2, 0) is 19.6 Å². The van der Waals surface area contributed by atoms with Gasteiger partial charge in [0.15, 0.2) is 0 Å². The van der Waals surface area contributed by atoms with Gasteiger partial charge in [-0.05, 0) is 44.0 Å². The van der Waals surface area contributed by atoms with Gasteiger partial charge in [-0.2, -0.15) is 9.57 Å². The number of sulfonamides is 1. The van der Waals surface area contributed by atoms with Crippen molar-refractivity contribution in [2.75, 3.05) is 18.4 Å². The van der Waals surface area contributed by atoms with Gasteiger partial charge in [0.25, 0.3) is 0 Å². The fraction of sp³-hybridized carbons (Fsp3) is 0.286. The first-order chi connectivity index (χ1) is 14.3. The lowest BCUT2D eigenvalue weighted by atomic mass is 10.2. The minimum atomic E-state index is -3.68. The lowest BCUT2D eigenvalue weighted by Crippen LogP contribution is -2.45. The molecule has 2 N–H and O–H groups in total. The van der Waals surface area contributed by atoms with Gasteiger partial charge in [-0.1, -0.05) is 29.8 Å². The summed E-state index contributed by atoms with van der Waals surface area (Å²) in [6.45, 7) is 2.26. The van der Waals surface area contributed by atoms with E-state index in [1.54, 1.807) is 36.4 Å². The van der Waals surface area contributed by atoms with Gasteiger partial charge in [0, 0.05) is 19.1 Å². The second-order valence-corrected chi connectivity index (χ2v) is 8.94. The zero-order chi connectivity index (χ0) is 21.7. The number of anilines is 1. The molecule has 1 unspecified atom stereocenters. The Balaban J connectivity index is 1.63. The topological polar surface area (TPSA) is 119 Å². The molecule has 1 aliphatic heterocycles. The molecule has 8 nitrogen and oxygen atoms in total. The van der Waals surface area contributed by atoms with Gasteiger partial charge in [0.1, 0.15) is 6.07 Å². The first kappa shape index (κ1) is 21.5. The number of benzene rings is 2. The van der Waals surface area contributed by atoms with Crippen LogP contribution in [0.1, 0.15) is 24.0 Å². The first-order valence-corrected chi connectivity index (χ1v) is 10.9. The van der Waals surface area contributed by atoms with Gasteiger partial charge in [-0.25, -0.2) is 8.42 Å². The van der Waals surface area contributed by atoms with E-state index in [-0.39, 0.29) is 22.7 Å². The van der Waals surface area contributed by atoms with E-state index in [0.29, 0.717) is 19.4 Å². The number of aryl methyl sites for hydroxylation is 1. The van der Waals surface area contributed by atoms with Gasteiger partial charge in [-0.15, -0.1) is 0 Å². The molecule has 1 atom stereocenters. The second kappa shape index (κ2) is 9.07. The van der Waals surface area contributed by atoms with Gasteiger partial charge in [0.05, 0.1) is 16.1 Å². The molecule has 2 aromatic carbocycles. The average Bonchev–Trinajstić information content (AvgIpc) is 3.22. The van der Waals surface area contributed by atoms with Crippen LogP contribution in [-0.4, -0.2) is 43.7 Å². The largest absolute Gasteiger partial charge is 0.346 e. The van der Waals surface area contributed by atoms with Crippen LogP contribution in [0.3, 0.4) is 0 Å². The maximum Gasteiger partial charge on any atom is 0.313 e. The van der Waals surface area contributed by atoms with Crippen LogP contribution in [0.15, 0.2) is 53.4 Å². The lowest BCUT2D eigenvalue weighted by Gasteiger charge is -2.24. The molecule has 0 aliphatic carbocycles. The highest BCUT2D eigenvalue weighted by atomic mass is 32.2. The minimum absolute atomic E-state index is 0.0250. The van der Waals surface area contributed by atoms with E-state index >= 15 is 0 Å². The normalized spacial score (nSPS) is 16.6. The number of nitrogens with one attached hydrogen (secondary N) is 2. The molecule has 156 valence electrons. The fourth-order valence-electron chi connectivity index (χ4n) is 3.33. The third kappa shape index (κ3) is 4.67. The van der Waals surface area contributed by atoms with E-state index in [1.807, 2.05) is 13.0 Å². The molecule has 1 saturated heterocycles. The Morgan fingerprint density at radius 2 is 1.83 bits per heavy atom. The molecule has 2 aromatic rings. The standard InChI is InChI=1S/C21H22N4O4S/c1-15-8-10-18(11-9-15)30(28,29)25-12-4-6-17(25)14-23-20(26)21(27)24-19-7-3-2-5-16(19)13-22/h2-3,5,7-11,17H,4,6,12,14H2,1H3,(H,23,26)(H,24,27). The Bertz CT molecular complexity index is 1090. The zero-order valence-electron chi connectivity index (χ0n) is 16.5. The molecule has 0 aromatic heterocycles. The third-order valence-electron chi connectivity index (χ3n) is 4.95. The summed E-state index contributed by atoms with van der Waals surface area (Å²) in [5, 5.41) is 14.0. The van der Waals surface area contributed by atoms with Crippen LogP contribution in [0.2, 0.25) is 0 Å². The number of carbonyl (C=O) groups is 2. The molecule has 1 heterocycles. The quantitative estimate of drug-likeness (QED) is 0.706. The summed E-state index contributed by atoms with van der Waals surface area (Å²) in [4.78, 5) is 24.6. The summed E-state index contributed by atoms with van der Waals surface area (Å²) in [7, 11) is -3.68. The molecule has 30 heavy (non-hydrogen) atoms. The Hall–Kier alpha value is -3.22. The number of hydrogen-bond donors (Lipinski definition) is 2. The van der Waals surface area contributed by atoms with Crippen LogP contribution < -0.4 is 10.6 Å². The van der Waals surface area contributed by atoms with Crippen molar-refractivity contribution in [1.82, 2.24) is 9.62 Å². The van der Waals surface area contributed by atoms with Crippen molar-refractivity contribution < 1.29 is 18.0 Å². The monoisotopic (exact) mass is 426 g/mol. The van der Waals surface area contributed by atoms with Crippen LogP contribution in [0, 0.1) is 18.3 Å². The van der Waals surface area contributed by atoms with E-state index in [2.05, 4.69) is 10.6 Å². The third-order valence-corrected chi connectivity index (χ3v) is 6.92. The predicted octanol–water partition coefficient (Wildman–Crippen LogP) is 1.77. The molecule has 9 heteroatoms. The van der Waals surface area contributed by atoms with E-state index in [0.717, 1.165) is 5.56 Å². The number of amides is 2.